The van der Waals surface area contributed by atoms with Gasteiger partial charge in [-0.2, -0.15) is 18.3 Å². The van der Waals surface area contributed by atoms with Gasteiger partial charge in [0.1, 0.15) is 0 Å². The van der Waals surface area contributed by atoms with Crippen molar-refractivity contribution in [3.8, 4) is 0 Å². The summed E-state index contributed by atoms with van der Waals surface area (Å²) in [5, 5.41) is 12.3. The lowest BCUT2D eigenvalue weighted by Gasteiger charge is -2.34. The van der Waals surface area contributed by atoms with Gasteiger partial charge in [0, 0.05) is 32.4 Å². The largest absolute Gasteiger partial charge is 0.445 e. The summed E-state index contributed by atoms with van der Waals surface area (Å²) >= 11 is 0.514. The van der Waals surface area contributed by atoms with Gasteiger partial charge in [0.05, 0.1) is 11.8 Å². The number of piperazine rings is 1. The van der Waals surface area contributed by atoms with Gasteiger partial charge >= 0.3 is 6.18 Å². The molecule has 1 amide bonds. The van der Waals surface area contributed by atoms with Crippen molar-refractivity contribution in [1.29, 1.82) is 0 Å². The smallest absolute Gasteiger partial charge is 0.343 e. The van der Waals surface area contributed by atoms with Crippen LogP contribution in [0.1, 0.15) is 15.4 Å². The molecule has 1 N–H and O–H groups in total. The summed E-state index contributed by atoms with van der Waals surface area (Å²) in [7, 11) is 0. The van der Waals surface area contributed by atoms with Crippen molar-refractivity contribution in [3.63, 3.8) is 0 Å². The van der Waals surface area contributed by atoms with Crippen molar-refractivity contribution >= 4 is 22.4 Å². The van der Waals surface area contributed by atoms with E-state index in [0.717, 1.165) is 0 Å². The predicted octanol–water partition coefficient (Wildman–Crippen LogP) is 1.24. The Hall–Kier alpha value is -2.17. The number of hydrogen-bond acceptors (Lipinski definition) is 6. The summed E-state index contributed by atoms with van der Waals surface area (Å²) in [5.41, 5.74) is 0.462. The quantitative estimate of drug-likeness (QED) is 0.895. The molecular weight excluding hydrogens is 321 g/mol. The van der Waals surface area contributed by atoms with Crippen molar-refractivity contribution in [3.05, 3.63) is 23.0 Å². The molecule has 11 heteroatoms. The molecule has 0 unspecified atom stereocenters. The van der Waals surface area contributed by atoms with Gasteiger partial charge < -0.3 is 9.80 Å². The molecule has 0 atom stereocenters. The molecule has 118 valence electrons. The number of nitrogens with zero attached hydrogens (tertiary/aromatic N) is 5. The normalized spacial score (nSPS) is 16.1. The van der Waals surface area contributed by atoms with E-state index in [1.807, 2.05) is 0 Å². The zero-order valence-corrected chi connectivity index (χ0v) is 12.0. The number of carbonyl (C=O) groups is 1. The number of aromatic nitrogens is 4. The van der Waals surface area contributed by atoms with Gasteiger partial charge in [-0.15, -0.1) is 10.2 Å². The lowest BCUT2D eigenvalue weighted by molar-refractivity contribution is -0.138. The van der Waals surface area contributed by atoms with E-state index in [1.54, 1.807) is 9.80 Å². The maximum atomic E-state index is 12.5. The average Bonchev–Trinajstić information content (AvgIpc) is 3.17. The Morgan fingerprint density at radius 3 is 2.50 bits per heavy atom. The minimum atomic E-state index is -4.48. The predicted molar refractivity (Wildman–Crippen MR) is 71.6 cm³/mol. The molecule has 0 saturated carbocycles. The molecule has 3 rings (SSSR count). The molecule has 22 heavy (non-hydrogen) atoms. The molecule has 7 nitrogen and oxygen atoms in total. The number of nitrogens with one attached hydrogen (secondary N) is 1. The van der Waals surface area contributed by atoms with Crippen LogP contribution in [0.4, 0.5) is 18.3 Å². The first-order chi connectivity index (χ1) is 10.4. The molecule has 1 fully saturated rings. The highest BCUT2D eigenvalue weighted by Gasteiger charge is 2.36. The first-order valence-electron chi connectivity index (χ1n) is 6.39. The zero-order chi connectivity index (χ0) is 15.7. The standard InChI is InChI=1S/C11H11F3N6OS/c12-11(13,14)9-17-18-10(22-9)20-3-1-19(2-4-20)8(21)7-5-15-16-6-7/h5-6H,1-4H2,(H,15,16). The van der Waals surface area contributed by atoms with Crippen LogP contribution in [-0.4, -0.2) is 57.4 Å². The van der Waals surface area contributed by atoms with Gasteiger partial charge in [0.25, 0.3) is 5.91 Å². The highest BCUT2D eigenvalue weighted by atomic mass is 32.1. The van der Waals surface area contributed by atoms with Gasteiger partial charge in [-0.3, -0.25) is 9.89 Å². The van der Waals surface area contributed by atoms with E-state index in [-0.39, 0.29) is 11.0 Å². The second-order valence-electron chi connectivity index (χ2n) is 4.65. The molecule has 1 aliphatic rings. The van der Waals surface area contributed by atoms with E-state index >= 15 is 0 Å². The summed E-state index contributed by atoms with van der Waals surface area (Å²) in [5.74, 6) is -0.151. The van der Waals surface area contributed by atoms with E-state index < -0.39 is 11.2 Å². The monoisotopic (exact) mass is 332 g/mol. The third-order valence-corrected chi connectivity index (χ3v) is 4.27. The maximum Gasteiger partial charge on any atom is 0.445 e. The molecule has 1 aliphatic heterocycles. The Kier molecular flexibility index (Phi) is 3.72. The zero-order valence-electron chi connectivity index (χ0n) is 11.2. The van der Waals surface area contributed by atoms with Crippen LogP contribution in [0.3, 0.4) is 0 Å². The maximum absolute atomic E-state index is 12.5. The molecule has 1 saturated heterocycles. The SMILES string of the molecule is O=C(c1cn[nH]c1)N1CCN(c2nnc(C(F)(F)F)s2)CC1. The molecule has 0 radical (unpaired) electrons. The number of anilines is 1. The number of hydrogen-bond donors (Lipinski definition) is 1. The van der Waals surface area contributed by atoms with Gasteiger partial charge in [-0.1, -0.05) is 11.3 Å². The molecule has 0 aliphatic carbocycles. The first kappa shape index (κ1) is 14.8. The van der Waals surface area contributed by atoms with E-state index in [4.69, 9.17) is 0 Å². The van der Waals surface area contributed by atoms with E-state index in [1.165, 1.54) is 12.4 Å². The number of amides is 1. The molecular formula is C11H11F3N6OS. The van der Waals surface area contributed by atoms with Crippen molar-refractivity contribution in [1.82, 2.24) is 25.3 Å². The summed E-state index contributed by atoms with van der Waals surface area (Å²) < 4.78 is 37.6. The average molecular weight is 332 g/mol. The van der Waals surface area contributed by atoms with E-state index in [0.29, 0.717) is 43.1 Å². The summed E-state index contributed by atoms with van der Waals surface area (Å²) in [6, 6.07) is 0. The molecule has 3 heterocycles. The van der Waals surface area contributed by atoms with Gasteiger partial charge in [0.15, 0.2) is 0 Å². The fourth-order valence-electron chi connectivity index (χ4n) is 2.11. The van der Waals surface area contributed by atoms with Crippen LogP contribution in [0.2, 0.25) is 0 Å². The highest BCUT2D eigenvalue weighted by molar-refractivity contribution is 7.15. The Bertz CT molecular complexity index is 647. The number of carbonyl (C=O) groups excluding carboxylic acids is 1. The van der Waals surface area contributed by atoms with Crippen LogP contribution in [0.25, 0.3) is 0 Å². The minimum absolute atomic E-state index is 0.151. The molecule has 0 spiro atoms. The van der Waals surface area contributed by atoms with Crippen molar-refractivity contribution in [2.75, 3.05) is 31.1 Å². The third-order valence-electron chi connectivity index (χ3n) is 3.24. The van der Waals surface area contributed by atoms with Gasteiger partial charge in [0.2, 0.25) is 10.1 Å². The van der Waals surface area contributed by atoms with Crippen LogP contribution in [0.15, 0.2) is 12.4 Å². The van der Waals surface area contributed by atoms with Crippen LogP contribution in [0, 0.1) is 0 Å². The Balaban J connectivity index is 1.62. The number of aromatic amines is 1. The number of alkyl halides is 3. The molecule has 0 bridgehead atoms. The third kappa shape index (κ3) is 2.89. The Morgan fingerprint density at radius 2 is 1.95 bits per heavy atom. The molecule has 2 aromatic heterocycles. The van der Waals surface area contributed by atoms with Gasteiger partial charge in [-0.25, -0.2) is 0 Å². The first-order valence-corrected chi connectivity index (χ1v) is 7.20. The second-order valence-corrected chi connectivity index (χ2v) is 5.61. The number of halogens is 3. The van der Waals surface area contributed by atoms with Crippen molar-refractivity contribution < 1.29 is 18.0 Å². The lowest BCUT2D eigenvalue weighted by Crippen LogP contribution is -2.48. The van der Waals surface area contributed by atoms with Crippen molar-refractivity contribution in [2.24, 2.45) is 0 Å². The highest BCUT2D eigenvalue weighted by Crippen LogP contribution is 2.34. The van der Waals surface area contributed by atoms with Crippen LogP contribution in [-0.2, 0) is 6.18 Å². The lowest BCUT2D eigenvalue weighted by atomic mass is 10.2. The van der Waals surface area contributed by atoms with Crippen molar-refractivity contribution in [2.45, 2.75) is 6.18 Å². The van der Waals surface area contributed by atoms with Crippen LogP contribution < -0.4 is 4.90 Å². The molecule has 0 aromatic carbocycles. The Morgan fingerprint density at radius 1 is 1.23 bits per heavy atom. The molecule has 2 aromatic rings. The van der Waals surface area contributed by atoms with E-state index in [9.17, 15) is 18.0 Å². The fraction of sp³-hybridized carbons (Fsp3) is 0.455. The van der Waals surface area contributed by atoms with E-state index in [2.05, 4.69) is 20.4 Å². The topological polar surface area (TPSA) is 78.0 Å². The number of H-pyrrole nitrogens is 1. The Labute approximate surface area is 126 Å². The minimum Gasteiger partial charge on any atom is -0.343 e. The van der Waals surface area contributed by atoms with Crippen LogP contribution in [0.5, 0.6) is 0 Å². The summed E-state index contributed by atoms with van der Waals surface area (Å²) in [4.78, 5) is 15.4. The number of rotatable bonds is 2. The second kappa shape index (κ2) is 5.55. The van der Waals surface area contributed by atoms with Gasteiger partial charge in [-0.05, 0) is 0 Å². The fourth-order valence-corrected chi connectivity index (χ4v) is 2.87. The van der Waals surface area contributed by atoms with Crippen LogP contribution >= 0.6 is 11.3 Å². The summed E-state index contributed by atoms with van der Waals surface area (Å²) in [6.07, 6.45) is -1.53. The summed E-state index contributed by atoms with van der Waals surface area (Å²) in [6.45, 7) is 1.64.